The normalized spacial score (nSPS) is 17.5. The number of benzene rings is 1. The summed E-state index contributed by atoms with van der Waals surface area (Å²) in [7, 11) is 0. The Morgan fingerprint density at radius 2 is 2.05 bits per heavy atom. The summed E-state index contributed by atoms with van der Waals surface area (Å²) in [5.74, 6) is 0.940. The van der Waals surface area contributed by atoms with Gasteiger partial charge in [0.25, 0.3) is 0 Å². The molecule has 0 radical (unpaired) electrons. The third-order valence-corrected chi connectivity index (χ3v) is 3.30. The Bertz CT molecular complexity index is 439. The maximum absolute atomic E-state index is 12.3. The van der Waals surface area contributed by atoms with Crippen LogP contribution in [0.5, 0.6) is 5.75 Å². The summed E-state index contributed by atoms with van der Waals surface area (Å²) in [5.41, 5.74) is 0.790. The van der Waals surface area contributed by atoms with Crippen molar-refractivity contribution in [2.24, 2.45) is 0 Å². The van der Waals surface area contributed by atoms with Gasteiger partial charge < -0.3 is 14.4 Å². The van der Waals surface area contributed by atoms with Crippen molar-refractivity contribution in [1.29, 1.82) is 0 Å². The zero-order chi connectivity index (χ0) is 13.9. The van der Waals surface area contributed by atoms with Crippen molar-refractivity contribution >= 4 is 5.91 Å². The summed E-state index contributed by atoms with van der Waals surface area (Å²) in [6, 6.07) is 7.68. The second kappa shape index (κ2) is 5.61. The Morgan fingerprint density at radius 3 is 2.58 bits per heavy atom. The van der Waals surface area contributed by atoms with Crippen LogP contribution in [0.2, 0.25) is 0 Å². The summed E-state index contributed by atoms with van der Waals surface area (Å²) in [5, 5.41) is 0. The van der Waals surface area contributed by atoms with E-state index in [2.05, 4.69) is 0 Å². The average molecular weight is 263 g/mol. The average Bonchev–Trinajstić information content (AvgIpc) is 2.72. The predicted octanol–water partition coefficient (Wildman–Crippen LogP) is 2.22. The van der Waals surface area contributed by atoms with Gasteiger partial charge in [-0.1, -0.05) is 12.1 Å². The third kappa shape index (κ3) is 3.26. The SMILES string of the molecule is CCOc1ccc(CC(=O)N2COCC2(C)C)cc1. The van der Waals surface area contributed by atoms with Crippen molar-refractivity contribution in [3.63, 3.8) is 0 Å². The van der Waals surface area contributed by atoms with Crippen LogP contribution in [0, 0.1) is 0 Å². The van der Waals surface area contributed by atoms with Crippen LogP contribution in [-0.4, -0.2) is 36.3 Å². The van der Waals surface area contributed by atoms with Gasteiger partial charge in [-0.3, -0.25) is 4.79 Å². The molecule has 19 heavy (non-hydrogen) atoms. The molecule has 1 heterocycles. The first-order valence-corrected chi connectivity index (χ1v) is 6.63. The lowest BCUT2D eigenvalue weighted by molar-refractivity contribution is -0.134. The molecular weight excluding hydrogens is 242 g/mol. The van der Waals surface area contributed by atoms with Crippen molar-refractivity contribution in [1.82, 2.24) is 4.90 Å². The first kappa shape index (κ1) is 13.9. The van der Waals surface area contributed by atoms with Crippen LogP contribution in [0.25, 0.3) is 0 Å². The lowest BCUT2D eigenvalue weighted by Gasteiger charge is -2.29. The van der Waals surface area contributed by atoms with Crippen molar-refractivity contribution in [3.05, 3.63) is 29.8 Å². The Morgan fingerprint density at radius 1 is 1.37 bits per heavy atom. The van der Waals surface area contributed by atoms with Crippen LogP contribution in [0.4, 0.5) is 0 Å². The number of nitrogens with zero attached hydrogens (tertiary/aromatic N) is 1. The summed E-state index contributed by atoms with van der Waals surface area (Å²) in [6.07, 6.45) is 0.402. The molecule has 1 saturated heterocycles. The van der Waals surface area contributed by atoms with E-state index in [1.807, 2.05) is 45.0 Å². The second-order valence-corrected chi connectivity index (χ2v) is 5.37. The van der Waals surface area contributed by atoms with Crippen molar-refractivity contribution < 1.29 is 14.3 Å². The number of ether oxygens (including phenoxy) is 2. The number of hydrogen-bond acceptors (Lipinski definition) is 3. The van der Waals surface area contributed by atoms with E-state index in [-0.39, 0.29) is 11.4 Å². The lowest BCUT2D eigenvalue weighted by Crippen LogP contribution is -2.44. The molecule has 1 amide bonds. The Hall–Kier alpha value is -1.55. The van der Waals surface area contributed by atoms with Gasteiger partial charge in [0.15, 0.2) is 0 Å². The maximum atomic E-state index is 12.3. The standard InChI is InChI=1S/C15H21NO3/c1-4-19-13-7-5-12(6-8-13)9-14(17)16-11-18-10-15(16,2)3/h5-8H,4,9-11H2,1-3H3. The molecule has 1 fully saturated rings. The molecule has 0 spiro atoms. The first-order chi connectivity index (χ1) is 9.03. The van der Waals surface area contributed by atoms with Crippen molar-refractivity contribution in [3.8, 4) is 5.75 Å². The number of carbonyl (C=O) groups excluding carboxylic acids is 1. The molecule has 2 rings (SSSR count). The molecule has 1 aliphatic heterocycles. The zero-order valence-electron chi connectivity index (χ0n) is 11.8. The molecule has 0 bridgehead atoms. The Labute approximate surface area is 114 Å². The highest BCUT2D eigenvalue weighted by atomic mass is 16.5. The van der Waals surface area contributed by atoms with Crippen LogP contribution in [0.1, 0.15) is 26.3 Å². The van der Waals surface area contributed by atoms with Crippen LogP contribution in [0.3, 0.4) is 0 Å². The molecule has 1 aromatic carbocycles. The molecule has 0 saturated carbocycles. The van der Waals surface area contributed by atoms with E-state index in [4.69, 9.17) is 9.47 Å². The first-order valence-electron chi connectivity index (χ1n) is 6.63. The Kier molecular flexibility index (Phi) is 4.10. The highest BCUT2D eigenvalue weighted by Gasteiger charge is 2.36. The molecule has 0 N–H and O–H groups in total. The van der Waals surface area contributed by atoms with E-state index >= 15 is 0 Å². The lowest BCUT2D eigenvalue weighted by atomic mass is 10.0. The van der Waals surface area contributed by atoms with Crippen LogP contribution >= 0.6 is 0 Å². The van der Waals surface area contributed by atoms with Gasteiger partial charge in [-0.2, -0.15) is 0 Å². The number of carbonyl (C=O) groups is 1. The van der Waals surface area contributed by atoms with Crippen molar-refractivity contribution in [2.45, 2.75) is 32.7 Å². The van der Waals surface area contributed by atoms with Gasteiger partial charge >= 0.3 is 0 Å². The van der Waals surface area contributed by atoms with E-state index in [9.17, 15) is 4.79 Å². The highest BCUT2D eigenvalue weighted by molar-refractivity contribution is 5.79. The molecule has 0 aliphatic carbocycles. The van der Waals surface area contributed by atoms with Crippen LogP contribution in [0.15, 0.2) is 24.3 Å². The molecule has 0 aromatic heterocycles. The predicted molar refractivity (Wildman–Crippen MR) is 73.1 cm³/mol. The highest BCUT2D eigenvalue weighted by Crippen LogP contribution is 2.22. The number of amides is 1. The fourth-order valence-electron chi connectivity index (χ4n) is 2.19. The second-order valence-electron chi connectivity index (χ2n) is 5.37. The van der Waals surface area contributed by atoms with E-state index in [1.165, 1.54) is 0 Å². The molecule has 1 aliphatic rings. The van der Waals surface area contributed by atoms with Gasteiger partial charge in [-0.25, -0.2) is 0 Å². The topological polar surface area (TPSA) is 38.8 Å². The summed E-state index contributed by atoms with van der Waals surface area (Å²) >= 11 is 0. The van der Waals surface area contributed by atoms with Gasteiger partial charge in [0.1, 0.15) is 12.5 Å². The quantitative estimate of drug-likeness (QED) is 0.836. The van der Waals surface area contributed by atoms with Gasteiger partial charge in [0.05, 0.1) is 25.2 Å². The smallest absolute Gasteiger partial charge is 0.229 e. The molecule has 0 atom stereocenters. The van der Waals surface area contributed by atoms with E-state index in [0.29, 0.717) is 26.4 Å². The molecule has 104 valence electrons. The van der Waals surface area contributed by atoms with Gasteiger partial charge in [0, 0.05) is 0 Å². The number of hydrogen-bond donors (Lipinski definition) is 0. The fraction of sp³-hybridized carbons (Fsp3) is 0.533. The van der Waals surface area contributed by atoms with E-state index < -0.39 is 0 Å². The fourth-order valence-corrected chi connectivity index (χ4v) is 2.19. The molecular formula is C15H21NO3. The van der Waals surface area contributed by atoms with Gasteiger partial charge in [0.2, 0.25) is 5.91 Å². The molecule has 4 nitrogen and oxygen atoms in total. The summed E-state index contributed by atoms with van der Waals surface area (Å²) in [6.45, 7) is 7.64. The molecule has 0 unspecified atom stereocenters. The van der Waals surface area contributed by atoms with Gasteiger partial charge in [-0.15, -0.1) is 0 Å². The monoisotopic (exact) mass is 263 g/mol. The molecule has 4 heteroatoms. The van der Waals surface area contributed by atoms with Gasteiger partial charge in [-0.05, 0) is 38.5 Å². The van der Waals surface area contributed by atoms with Crippen LogP contribution < -0.4 is 4.74 Å². The summed E-state index contributed by atoms with van der Waals surface area (Å²) in [4.78, 5) is 14.1. The molecule has 1 aromatic rings. The van der Waals surface area contributed by atoms with E-state index in [1.54, 1.807) is 4.90 Å². The minimum atomic E-state index is -0.206. The maximum Gasteiger partial charge on any atom is 0.229 e. The third-order valence-electron chi connectivity index (χ3n) is 3.30. The largest absolute Gasteiger partial charge is 0.494 e. The van der Waals surface area contributed by atoms with E-state index in [0.717, 1.165) is 11.3 Å². The van der Waals surface area contributed by atoms with Crippen molar-refractivity contribution in [2.75, 3.05) is 19.9 Å². The minimum Gasteiger partial charge on any atom is -0.494 e. The number of rotatable bonds is 4. The van der Waals surface area contributed by atoms with Crippen LogP contribution in [-0.2, 0) is 16.0 Å². The minimum absolute atomic E-state index is 0.103. The Balaban J connectivity index is 1.99. The summed E-state index contributed by atoms with van der Waals surface area (Å²) < 4.78 is 10.8. The zero-order valence-corrected chi connectivity index (χ0v) is 11.8.